The van der Waals surface area contributed by atoms with E-state index in [-0.39, 0.29) is 5.56 Å². The molecule has 0 fully saturated rings. The summed E-state index contributed by atoms with van der Waals surface area (Å²) in [6.45, 7) is 2.70. The molecule has 27 heavy (non-hydrogen) atoms. The van der Waals surface area contributed by atoms with Crippen molar-refractivity contribution in [3.63, 3.8) is 0 Å². The first-order valence-electron chi connectivity index (χ1n) is 8.36. The highest BCUT2D eigenvalue weighted by atomic mass is 32.1. The van der Waals surface area contributed by atoms with Gasteiger partial charge in [-0.25, -0.2) is 14.4 Å². The Labute approximate surface area is 158 Å². The average molecular weight is 381 g/mol. The second-order valence-corrected chi connectivity index (χ2v) is 7.12. The molecule has 4 rings (SSSR count). The van der Waals surface area contributed by atoms with Gasteiger partial charge in [-0.05, 0) is 31.2 Å². The fourth-order valence-corrected chi connectivity index (χ4v) is 3.38. The molecule has 0 aliphatic rings. The van der Waals surface area contributed by atoms with E-state index in [1.54, 1.807) is 0 Å². The highest BCUT2D eigenvalue weighted by molar-refractivity contribution is 7.09. The lowest BCUT2D eigenvalue weighted by Crippen LogP contribution is -2.21. The molecule has 2 aromatic heterocycles. The molecule has 0 spiro atoms. The summed E-state index contributed by atoms with van der Waals surface area (Å²) in [4.78, 5) is 21.2. The van der Waals surface area contributed by atoms with E-state index in [0.29, 0.717) is 24.1 Å². The van der Waals surface area contributed by atoms with Crippen LogP contribution in [0, 0.1) is 12.7 Å². The third kappa shape index (κ3) is 3.88. The maximum absolute atomic E-state index is 13.3. The molecule has 0 N–H and O–H groups in total. The van der Waals surface area contributed by atoms with Crippen molar-refractivity contribution in [3.8, 4) is 5.75 Å². The fourth-order valence-electron chi connectivity index (χ4n) is 2.69. The molecule has 2 heterocycles. The van der Waals surface area contributed by atoms with Crippen LogP contribution in [0.4, 0.5) is 4.39 Å². The summed E-state index contributed by atoms with van der Waals surface area (Å²) in [5, 5.41) is 3.11. The second-order valence-electron chi connectivity index (χ2n) is 6.17. The summed E-state index contributed by atoms with van der Waals surface area (Å²) >= 11 is 1.48. The zero-order chi connectivity index (χ0) is 18.8. The molecule has 0 saturated carbocycles. The molecule has 0 atom stereocenters. The van der Waals surface area contributed by atoms with E-state index in [1.807, 2.05) is 36.6 Å². The van der Waals surface area contributed by atoms with Gasteiger partial charge in [0.05, 0.1) is 29.5 Å². The molecular weight excluding hydrogens is 365 g/mol. The second kappa shape index (κ2) is 7.28. The van der Waals surface area contributed by atoms with Crippen molar-refractivity contribution in [1.29, 1.82) is 0 Å². The smallest absolute Gasteiger partial charge is 0.261 e. The lowest BCUT2D eigenvalue weighted by molar-refractivity contribution is 0.305. The number of halogens is 1. The topological polar surface area (TPSA) is 57.0 Å². The summed E-state index contributed by atoms with van der Waals surface area (Å²) in [6, 6.07) is 11.8. The fraction of sp³-hybridized carbons (Fsp3) is 0.150. The van der Waals surface area contributed by atoms with Crippen LogP contribution in [0.25, 0.3) is 10.9 Å². The van der Waals surface area contributed by atoms with Crippen molar-refractivity contribution in [2.45, 2.75) is 20.1 Å². The Kier molecular flexibility index (Phi) is 4.68. The molecule has 0 aliphatic heterocycles. The number of nitrogens with zero attached hydrogens (tertiary/aromatic N) is 3. The van der Waals surface area contributed by atoms with Crippen LogP contribution in [0.3, 0.4) is 0 Å². The molecule has 4 aromatic rings. The Morgan fingerprint density at radius 3 is 2.81 bits per heavy atom. The van der Waals surface area contributed by atoms with Crippen molar-refractivity contribution < 1.29 is 9.13 Å². The molecule has 0 saturated heterocycles. The predicted octanol–water partition coefficient (Wildman–Crippen LogP) is 3.93. The van der Waals surface area contributed by atoms with Crippen LogP contribution < -0.4 is 10.3 Å². The Hall–Kier alpha value is -3.06. The number of thiazole rings is 1. The first-order chi connectivity index (χ1) is 13.1. The largest absolute Gasteiger partial charge is 0.486 e. The molecule has 5 nitrogen and oxygen atoms in total. The molecule has 136 valence electrons. The molecular formula is C20H16FN3O2S. The number of rotatable bonds is 5. The minimum Gasteiger partial charge on any atom is -0.486 e. The van der Waals surface area contributed by atoms with Crippen LogP contribution in [-0.4, -0.2) is 14.5 Å². The van der Waals surface area contributed by atoms with E-state index in [2.05, 4.69) is 9.97 Å². The highest BCUT2D eigenvalue weighted by Gasteiger charge is 2.08. The Bertz CT molecular complexity index is 1150. The van der Waals surface area contributed by atoms with E-state index in [0.717, 1.165) is 16.5 Å². The summed E-state index contributed by atoms with van der Waals surface area (Å²) < 4.78 is 20.5. The van der Waals surface area contributed by atoms with E-state index in [9.17, 15) is 9.18 Å². The Balaban J connectivity index is 1.48. The van der Waals surface area contributed by atoms with Gasteiger partial charge in [0.15, 0.2) is 0 Å². The first kappa shape index (κ1) is 17.4. The minimum absolute atomic E-state index is 0.217. The third-order valence-corrected chi connectivity index (χ3v) is 4.97. The number of aromatic nitrogens is 3. The van der Waals surface area contributed by atoms with E-state index >= 15 is 0 Å². The van der Waals surface area contributed by atoms with Gasteiger partial charge in [0.2, 0.25) is 0 Å². The monoisotopic (exact) mass is 381 g/mol. The van der Waals surface area contributed by atoms with Crippen LogP contribution in [0.2, 0.25) is 0 Å². The van der Waals surface area contributed by atoms with Crippen LogP contribution in [0.1, 0.15) is 16.3 Å². The van der Waals surface area contributed by atoms with Crippen molar-refractivity contribution in [3.05, 3.63) is 86.6 Å². The van der Waals surface area contributed by atoms with Gasteiger partial charge in [0, 0.05) is 11.4 Å². The summed E-state index contributed by atoms with van der Waals surface area (Å²) in [5.74, 6) is 0.379. The predicted molar refractivity (Wildman–Crippen MR) is 103 cm³/mol. The van der Waals surface area contributed by atoms with Crippen molar-refractivity contribution >= 4 is 22.2 Å². The molecule has 0 radical (unpaired) electrons. The van der Waals surface area contributed by atoms with E-state index in [1.165, 1.54) is 46.0 Å². The Morgan fingerprint density at radius 1 is 1.19 bits per heavy atom. The number of fused-ring (bicyclic) bond motifs is 1. The molecule has 0 amide bonds. The maximum Gasteiger partial charge on any atom is 0.261 e. The van der Waals surface area contributed by atoms with Gasteiger partial charge in [-0.2, -0.15) is 0 Å². The molecule has 0 unspecified atom stereocenters. The van der Waals surface area contributed by atoms with Gasteiger partial charge in [-0.3, -0.25) is 9.36 Å². The van der Waals surface area contributed by atoms with Crippen LogP contribution in [0.15, 0.2) is 59.0 Å². The normalized spacial score (nSPS) is 11.0. The number of ether oxygens (including phenoxy) is 1. The number of hydrogen-bond donors (Lipinski definition) is 0. The standard InChI is InChI=1S/C20H16FN3O2S/c1-13-2-5-16(6-3-13)26-10-19-23-15(11-27-19)9-24-12-22-18-8-14(21)4-7-17(18)20(24)25/h2-8,11-12H,9-10H2,1H3. The SMILES string of the molecule is Cc1ccc(OCc2nc(Cn3cnc4cc(F)ccc4c3=O)cs2)cc1. The number of aryl methyl sites for hydroxylation is 1. The van der Waals surface area contributed by atoms with Gasteiger partial charge in [0.1, 0.15) is 23.2 Å². The summed E-state index contributed by atoms with van der Waals surface area (Å²) in [5.41, 5.74) is 2.07. The van der Waals surface area contributed by atoms with Crippen LogP contribution >= 0.6 is 11.3 Å². The average Bonchev–Trinajstić information content (AvgIpc) is 3.11. The maximum atomic E-state index is 13.3. The quantitative estimate of drug-likeness (QED) is 0.526. The van der Waals surface area contributed by atoms with Gasteiger partial charge >= 0.3 is 0 Å². The molecule has 2 aromatic carbocycles. The zero-order valence-electron chi connectivity index (χ0n) is 14.6. The summed E-state index contributed by atoms with van der Waals surface area (Å²) in [7, 11) is 0. The van der Waals surface area contributed by atoms with Crippen LogP contribution in [-0.2, 0) is 13.2 Å². The van der Waals surface area contributed by atoms with Gasteiger partial charge in [0.25, 0.3) is 5.56 Å². The van der Waals surface area contributed by atoms with Gasteiger partial charge in [-0.1, -0.05) is 17.7 Å². The number of hydrogen-bond acceptors (Lipinski definition) is 5. The molecule has 7 heteroatoms. The zero-order valence-corrected chi connectivity index (χ0v) is 15.4. The lowest BCUT2D eigenvalue weighted by atomic mass is 10.2. The minimum atomic E-state index is -0.412. The van der Waals surface area contributed by atoms with Gasteiger partial charge in [-0.15, -0.1) is 11.3 Å². The molecule has 0 aliphatic carbocycles. The summed E-state index contributed by atoms with van der Waals surface area (Å²) in [6.07, 6.45) is 1.42. The Morgan fingerprint density at radius 2 is 2.00 bits per heavy atom. The molecule has 0 bridgehead atoms. The van der Waals surface area contributed by atoms with Crippen molar-refractivity contribution in [2.24, 2.45) is 0 Å². The van der Waals surface area contributed by atoms with Crippen molar-refractivity contribution in [1.82, 2.24) is 14.5 Å². The van der Waals surface area contributed by atoms with Crippen LogP contribution in [0.5, 0.6) is 5.75 Å². The van der Waals surface area contributed by atoms with E-state index < -0.39 is 5.82 Å². The third-order valence-electron chi connectivity index (χ3n) is 4.10. The first-order valence-corrected chi connectivity index (χ1v) is 9.24. The van der Waals surface area contributed by atoms with Crippen molar-refractivity contribution in [2.75, 3.05) is 0 Å². The van der Waals surface area contributed by atoms with E-state index in [4.69, 9.17) is 4.74 Å². The highest BCUT2D eigenvalue weighted by Crippen LogP contribution is 2.17. The number of benzene rings is 2. The van der Waals surface area contributed by atoms with Gasteiger partial charge < -0.3 is 4.74 Å². The lowest BCUT2D eigenvalue weighted by Gasteiger charge is -2.05.